The average molecular weight is 947 g/mol. The minimum absolute atomic E-state index is 0.557. The fourth-order valence-electron chi connectivity index (χ4n) is 10.9. The first-order valence-electron chi connectivity index (χ1n) is 24.8. The van der Waals surface area contributed by atoms with Gasteiger partial charge in [0.15, 0.2) is 34.9 Å². The average Bonchev–Trinajstić information content (AvgIpc) is 3.78. The largest absolute Gasteiger partial charge is 0.457 e. The Labute approximate surface area is 428 Å². The van der Waals surface area contributed by atoms with Gasteiger partial charge in [0.25, 0.3) is 0 Å². The van der Waals surface area contributed by atoms with Crippen LogP contribution in [0.1, 0.15) is 22.3 Å². The van der Waals surface area contributed by atoms with Gasteiger partial charge < -0.3 is 4.74 Å². The molecule has 0 fully saturated rings. The maximum absolute atomic E-state index is 6.76. The van der Waals surface area contributed by atoms with E-state index < -0.39 is 5.41 Å². The summed E-state index contributed by atoms with van der Waals surface area (Å²) in [4.78, 5) is 31.5. The van der Waals surface area contributed by atoms with Crippen molar-refractivity contribution in [2.24, 2.45) is 0 Å². The Morgan fingerprint density at radius 2 is 0.568 bits per heavy atom. The monoisotopic (exact) mass is 946 g/mol. The molecule has 2 aliphatic rings. The Balaban J connectivity index is 1.01. The van der Waals surface area contributed by atoms with Gasteiger partial charge in [-0.05, 0) is 62.7 Å². The zero-order chi connectivity index (χ0) is 49.0. The molecule has 2 aromatic heterocycles. The summed E-state index contributed by atoms with van der Waals surface area (Å²) >= 11 is 0. The van der Waals surface area contributed by atoms with Crippen LogP contribution in [-0.2, 0) is 5.41 Å². The van der Waals surface area contributed by atoms with Gasteiger partial charge in [0.1, 0.15) is 11.5 Å². The van der Waals surface area contributed by atoms with Gasteiger partial charge in [0, 0.05) is 44.5 Å². The van der Waals surface area contributed by atoms with E-state index in [9.17, 15) is 0 Å². The SMILES string of the molecule is c1ccc(-c2ccc(-c3nc(-c4ccc(-c5ccccc5)cc4)nc(-c4cccc5c4-c4cc(-c6nc(-c7ccccc7)nc(-c7ccccc7)n6)ccc4C54c5ccccc5Oc5ccccc54)n3)cc2)cc1. The lowest BCUT2D eigenvalue weighted by Gasteiger charge is -2.39. The molecule has 14 rings (SSSR count). The van der Waals surface area contributed by atoms with Crippen LogP contribution in [-0.4, -0.2) is 29.9 Å². The number of hydrogen-bond acceptors (Lipinski definition) is 7. The molecule has 0 amide bonds. The van der Waals surface area contributed by atoms with Gasteiger partial charge >= 0.3 is 0 Å². The first-order chi connectivity index (χ1) is 36.7. The van der Waals surface area contributed by atoms with E-state index in [1.54, 1.807) is 0 Å². The first-order valence-corrected chi connectivity index (χ1v) is 24.8. The van der Waals surface area contributed by atoms with Crippen molar-refractivity contribution in [1.29, 1.82) is 0 Å². The molecule has 1 aliphatic heterocycles. The summed E-state index contributed by atoms with van der Waals surface area (Å²) in [6, 6.07) is 88.0. The highest BCUT2D eigenvalue weighted by Crippen LogP contribution is 2.63. The van der Waals surface area contributed by atoms with E-state index in [4.69, 9.17) is 34.6 Å². The van der Waals surface area contributed by atoms with Gasteiger partial charge in [0.05, 0.1) is 5.41 Å². The highest BCUT2D eigenvalue weighted by atomic mass is 16.5. The quantitative estimate of drug-likeness (QED) is 0.150. The number of para-hydroxylation sites is 2. The number of fused-ring (bicyclic) bond motifs is 9. The molecule has 0 radical (unpaired) electrons. The second kappa shape index (κ2) is 17.7. The minimum Gasteiger partial charge on any atom is -0.457 e. The molecule has 1 aliphatic carbocycles. The molecule has 3 heterocycles. The summed E-state index contributed by atoms with van der Waals surface area (Å²) in [5.74, 6) is 5.07. The normalized spacial score (nSPS) is 12.5. The number of nitrogens with zero attached hydrogens (tertiary/aromatic N) is 6. The molecule has 12 aromatic rings. The Kier molecular flexibility index (Phi) is 10.3. The number of aromatic nitrogens is 6. The van der Waals surface area contributed by atoms with Gasteiger partial charge in [0.2, 0.25) is 0 Å². The Morgan fingerprint density at radius 1 is 0.230 bits per heavy atom. The molecule has 1 spiro atoms. The molecule has 0 N–H and O–H groups in total. The maximum Gasteiger partial charge on any atom is 0.164 e. The smallest absolute Gasteiger partial charge is 0.164 e. The van der Waals surface area contributed by atoms with Crippen molar-refractivity contribution in [3.05, 3.63) is 277 Å². The summed E-state index contributed by atoms with van der Waals surface area (Å²) < 4.78 is 6.76. The Morgan fingerprint density at radius 3 is 1.04 bits per heavy atom. The summed E-state index contributed by atoms with van der Waals surface area (Å²) in [5, 5.41) is 0. The summed E-state index contributed by atoms with van der Waals surface area (Å²) in [7, 11) is 0. The third-order valence-corrected chi connectivity index (χ3v) is 14.3. The molecule has 0 unspecified atom stereocenters. The van der Waals surface area contributed by atoms with E-state index in [-0.39, 0.29) is 0 Å². The minimum atomic E-state index is -0.770. The lowest BCUT2D eigenvalue weighted by molar-refractivity contribution is 0.436. The lowest BCUT2D eigenvalue weighted by atomic mass is 9.66. The van der Waals surface area contributed by atoms with E-state index in [1.807, 2.05) is 84.9 Å². The van der Waals surface area contributed by atoms with Crippen molar-refractivity contribution in [2.45, 2.75) is 5.41 Å². The predicted octanol–water partition coefficient (Wildman–Crippen LogP) is 15.9. The lowest BCUT2D eigenvalue weighted by Crippen LogP contribution is -2.32. The van der Waals surface area contributed by atoms with E-state index in [0.29, 0.717) is 34.9 Å². The molecule has 74 heavy (non-hydrogen) atoms. The van der Waals surface area contributed by atoms with Crippen LogP contribution in [0.5, 0.6) is 11.5 Å². The Bertz CT molecular complexity index is 3870. The highest BCUT2D eigenvalue weighted by Gasteiger charge is 2.52. The molecule has 0 bridgehead atoms. The molecular weight excluding hydrogens is 905 g/mol. The molecule has 346 valence electrons. The highest BCUT2D eigenvalue weighted by molar-refractivity contribution is 5.97. The third kappa shape index (κ3) is 7.21. The maximum atomic E-state index is 6.76. The van der Waals surface area contributed by atoms with Gasteiger partial charge in [-0.2, -0.15) is 0 Å². The van der Waals surface area contributed by atoms with E-state index in [2.05, 4.69) is 170 Å². The van der Waals surface area contributed by atoms with Crippen molar-refractivity contribution in [3.63, 3.8) is 0 Å². The first kappa shape index (κ1) is 42.9. The Hall–Kier alpha value is -9.98. The fraction of sp³-hybridized carbons (Fsp3) is 0.0149. The van der Waals surface area contributed by atoms with Crippen molar-refractivity contribution < 1.29 is 4.74 Å². The van der Waals surface area contributed by atoms with E-state index in [0.717, 1.165) is 101 Å². The van der Waals surface area contributed by atoms with Crippen LogP contribution in [0.4, 0.5) is 0 Å². The standard InChI is InChI=1S/C67H42N6O/c1-5-18-43(19-6-1)45-32-36-49(37-33-45)63-69-64(50-38-34-46(35-39-50)44-20-7-2-8-21-44)73-66(72-63)52-26-17-29-57-60(52)53-42-51(65-70-61(47-22-9-3-10-23-47)68-62(71-65)48-24-11-4-12-25-48)40-41-54(53)67(57)55-27-13-15-30-58(55)74-59-31-16-14-28-56(59)67/h1-42H. The van der Waals surface area contributed by atoms with Crippen molar-refractivity contribution in [1.82, 2.24) is 29.9 Å². The topological polar surface area (TPSA) is 86.6 Å². The third-order valence-electron chi connectivity index (χ3n) is 14.3. The van der Waals surface area contributed by atoms with Gasteiger partial charge in [-0.3, -0.25) is 0 Å². The second-order valence-corrected chi connectivity index (χ2v) is 18.6. The van der Waals surface area contributed by atoms with Gasteiger partial charge in [-0.15, -0.1) is 0 Å². The van der Waals surface area contributed by atoms with Crippen molar-refractivity contribution in [2.75, 3.05) is 0 Å². The zero-order valence-corrected chi connectivity index (χ0v) is 39.8. The summed E-state index contributed by atoms with van der Waals surface area (Å²) in [5.41, 5.74) is 15.4. The van der Waals surface area contributed by atoms with E-state index in [1.165, 1.54) is 0 Å². The molecule has 7 heteroatoms. The van der Waals surface area contributed by atoms with E-state index >= 15 is 0 Å². The van der Waals surface area contributed by atoms with Crippen LogP contribution >= 0.6 is 0 Å². The molecular formula is C67H42N6O. The zero-order valence-electron chi connectivity index (χ0n) is 39.8. The molecule has 7 nitrogen and oxygen atoms in total. The second-order valence-electron chi connectivity index (χ2n) is 18.6. The van der Waals surface area contributed by atoms with Crippen LogP contribution < -0.4 is 4.74 Å². The van der Waals surface area contributed by atoms with Crippen LogP contribution in [0.3, 0.4) is 0 Å². The number of benzene rings is 10. The number of ether oxygens (including phenoxy) is 1. The predicted molar refractivity (Wildman–Crippen MR) is 294 cm³/mol. The molecule has 0 saturated carbocycles. The van der Waals surface area contributed by atoms with Crippen molar-refractivity contribution >= 4 is 0 Å². The summed E-state index contributed by atoms with van der Waals surface area (Å²) in [6.07, 6.45) is 0. The van der Waals surface area contributed by atoms with Crippen LogP contribution in [0, 0.1) is 0 Å². The van der Waals surface area contributed by atoms with Gasteiger partial charge in [-0.1, -0.05) is 237 Å². The molecule has 10 aromatic carbocycles. The molecule has 0 saturated heterocycles. The molecule has 0 atom stereocenters. The van der Waals surface area contributed by atoms with Crippen LogP contribution in [0.25, 0.3) is 102 Å². The summed E-state index contributed by atoms with van der Waals surface area (Å²) in [6.45, 7) is 0. The fourth-order valence-corrected chi connectivity index (χ4v) is 10.9. The van der Waals surface area contributed by atoms with Crippen LogP contribution in [0.2, 0.25) is 0 Å². The number of rotatable bonds is 8. The van der Waals surface area contributed by atoms with Gasteiger partial charge in [-0.25, -0.2) is 29.9 Å². The van der Waals surface area contributed by atoms with Crippen molar-refractivity contribution in [3.8, 4) is 113 Å². The number of hydrogen-bond donors (Lipinski definition) is 0. The van der Waals surface area contributed by atoms with Crippen LogP contribution in [0.15, 0.2) is 255 Å².